The molecule has 0 aromatic heterocycles. The van der Waals surface area contributed by atoms with Crippen LogP contribution in [-0.2, 0) is 0 Å². The fourth-order valence-electron chi connectivity index (χ4n) is 3.17. The van der Waals surface area contributed by atoms with Crippen molar-refractivity contribution in [3.05, 3.63) is 0 Å². The molecule has 1 aliphatic rings. The van der Waals surface area contributed by atoms with Gasteiger partial charge in [0.2, 0.25) is 0 Å². The summed E-state index contributed by atoms with van der Waals surface area (Å²) in [7, 11) is 3.46. The van der Waals surface area contributed by atoms with E-state index in [1.807, 2.05) is 4.90 Å². The van der Waals surface area contributed by atoms with Gasteiger partial charge in [0, 0.05) is 18.1 Å². The molecule has 1 rings (SSSR count). The molecule has 0 saturated carbocycles. The molecule has 5 unspecified atom stereocenters. The molecule has 1 saturated heterocycles. The Balaban J connectivity index is 1.95. The zero-order valence-electron chi connectivity index (χ0n) is 16.1. The zero-order chi connectivity index (χ0) is 20.1. The van der Waals surface area contributed by atoms with Crippen LogP contribution in [0.3, 0.4) is 0 Å². The number of unbranched alkanes of at least 4 members (excludes halogenated alkanes) is 1. The fraction of sp³-hybridized carbons (Fsp3) is 1.00. The SMILES string of the molecule is NC(O)CCCSSCCC(O)NCCCCC(O)N1CCCC1C(N)O. The summed E-state index contributed by atoms with van der Waals surface area (Å²) in [6.07, 6.45) is 3.66. The van der Waals surface area contributed by atoms with E-state index >= 15 is 0 Å². The lowest BCUT2D eigenvalue weighted by Crippen LogP contribution is -2.48. The third kappa shape index (κ3) is 11.8. The lowest BCUT2D eigenvalue weighted by atomic mass is 10.1. The van der Waals surface area contributed by atoms with Crippen LogP contribution in [0.5, 0.6) is 0 Å². The Morgan fingerprint density at radius 2 is 1.70 bits per heavy atom. The van der Waals surface area contributed by atoms with Gasteiger partial charge in [0.25, 0.3) is 0 Å². The zero-order valence-corrected chi connectivity index (χ0v) is 17.7. The van der Waals surface area contributed by atoms with Gasteiger partial charge in [-0.25, -0.2) is 0 Å². The molecule has 162 valence electrons. The van der Waals surface area contributed by atoms with Crippen LogP contribution in [0.2, 0.25) is 0 Å². The van der Waals surface area contributed by atoms with E-state index in [0.29, 0.717) is 25.8 Å². The topological polar surface area (TPSA) is 148 Å². The van der Waals surface area contributed by atoms with Gasteiger partial charge in [-0.15, -0.1) is 0 Å². The normalized spacial score (nSPS) is 22.7. The maximum atomic E-state index is 10.3. The van der Waals surface area contributed by atoms with Crippen LogP contribution in [0.15, 0.2) is 0 Å². The average molecular weight is 427 g/mol. The van der Waals surface area contributed by atoms with Gasteiger partial charge in [-0.05, 0) is 57.9 Å². The number of rotatable bonds is 16. The molecule has 0 aromatic rings. The Bertz CT molecular complexity index is 370. The average Bonchev–Trinajstić information content (AvgIpc) is 3.10. The molecule has 27 heavy (non-hydrogen) atoms. The fourth-order valence-corrected chi connectivity index (χ4v) is 5.36. The molecule has 1 heterocycles. The second-order valence-electron chi connectivity index (χ2n) is 7.03. The van der Waals surface area contributed by atoms with Gasteiger partial charge in [-0.2, -0.15) is 0 Å². The predicted molar refractivity (Wildman–Crippen MR) is 113 cm³/mol. The highest BCUT2D eigenvalue weighted by molar-refractivity contribution is 8.76. The smallest absolute Gasteiger partial charge is 0.118 e. The highest BCUT2D eigenvalue weighted by Gasteiger charge is 2.32. The van der Waals surface area contributed by atoms with Crippen molar-refractivity contribution in [2.75, 3.05) is 24.6 Å². The molecule has 1 aliphatic heterocycles. The van der Waals surface area contributed by atoms with Gasteiger partial charge in [0.15, 0.2) is 0 Å². The van der Waals surface area contributed by atoms with Gasteiger partial charge in [-0.1, -0.05) is 21.6 Å². The van der Waals surface area contributed by atoms with Crippen molar-refractivity contribution < 1.29 is 20.4 Å². The first-order valence-electron chi connectivity index (χ1n) is 9.88. The molecule has 5 atom stereocenters. The van der Waals surface area contributed by atoms with Gasteiger partial charge >= 0.3 is 0 Å². The summed E-state index contributed by atoms with van der Waals surface area (Å²) in [5, 5.41) is 41.8. The lowest BCUT2D eigenvalue weighted by Gasteiger charge is -2.31. The van der Waals surface area contributed by atoms with Crippen molar-refractivity contribution in [2.24, 2.45) is 11.5 Å². The second kappa shape index (κ2) is 15.3. The molecular formula is C17H38N4O4S2. The van der Waals surface area contributed by atoms with E-state index in [4.69, 9.17) is 16.6 Å². The Kier molecular flexibility index (Phi) is 14.4. The van der Waals surface area contributed by atoms with Crippen molar-refractivity contribution in [3.63, 3.8) is 0 Å². The van der Waals surface area contributed by atoms with Crippen LogP contribution in [0.4, 0.5) is 0 Å². The Hall–Kier alpha value is 0.380. The van der Waals surface area contributed by atoms with Crippen LogP contribution < -0.4 is 16.8 Å². The molecule has 0 aromatic carbocycles. The van der Waals surface area contributed by atoms with Crippen LogP contribution in [0.1, 0.15) is 51.4 Å². The van der Waals surface area contributed by atoms with Crippen molar-refractivity contribution in [3.8, 4) is 0 Å². The summed E-state index contributed by atoms with van der Waals surface area (Å²) in [6.45, 7) is 1.49. The summed E-state index contributed by atoms with van der Waals surface area (Å²) in [4.78, 5) is 1.90. The first kappa shape index (κ1) is 25.4. The minimum atomic E-state index is -0.901. The molecule has 1 fully saturated rings. The molecule has 0 amide bonds. The van der Waals surface area contributed by atoms with Gasteiger partial charge < -0.3 is 31.9 Å². The largest absolute Gasteiger partial charge is 0.379 e. The van der Waals surface area contributed by atoms with E-state index < -0.39 is 24.9 Å². The van der Waals surface area contributed by atoms with Gasteiger partial charge in [0.1, 0.15) is 24.9 Å². The first-order valence-corrected chi connectivity index (χ1v) is 12.4. The number of nitrogens with zero attached hydrogens (tertiary/aromatic N) is 1. The summed E-state index contributed by atoms with van der Waals surface area (Å²) >= 11 is 0. The molecule has 0 aliphatic carbocycles. The van der Waals surface area contributed by atoms with Crippen LogP contribution in [0.25, 0.3) is 0 Å². The molecule has 0 bridgehead atoms. The first-order chi connectivity index (χ1) is 12.9. The maximum Gasteiger partial charge on any atom is 0.118 e. The third-order valence-electron chi connectivity index (χ3n) is 4.67. The number of nitrogens with two attached hydrogens (primary N) is 2. The highest BCUT2D eigenvalue weighted by atomic mass is 33.1. The molecule has 0 radical (unpaired) electrons. The molecule has 8 nitrogen and oxygen atoms in total. The van der Waals surface area contributed by atoms with Crippen LogP contribution in [-0.4, -0.2) is 80.9 Å². The Morgan fingerprint density at radius 3 is 2.41 bits per heavy atom. The van der Waals surface area contributed by atoms with E-state index in [1.165, 1.54) is 0 Å². The van der Waals surface area contributed by atoms with E-state index in [0.717, 1.165) is 50.2 Å². The van der Waals surface area contributed by atoms with Crippen molar-refractivity contribution in [1.82, 2.24) is 10.2 Å². The predicted octanol–water partition coefficient (Wildman–Crippen LogP) is -0.0466. The van der Waals surface area contributed by atoms with Crippen molar-refractivity contribution in [2.45, 2.75) is 82.3 Å². The Morgan fingerprint density at radius 1 is 0.963 bits per heavy atom. The van der Waals surface area contributed by atoms with Crippen LogP contribution in [0, 0.1) is 0 Å². The number of hydrogen-bond acceptors (Lipinski definition) is 10. The number of nitrogens with one attached hydrogen (secondary N) is 1. The number of hydrogen-bond donors (Lipinski definition) is 7. The molecule has 0 spiro atoms. The minimum absolute atomic E-state index is 0.143. The summed E-state index contributed by atoms with van der Waals surface area (Å²) in [6, 6.07) is -0.143. The van der Waals surface area contributed by atoms with Gasteiger partial charge in [0.05, 0.1) is 6.04 Å². The van der Waals surface area contributed by atoms with E-state index in [1.54, 1.807) is 21.6 Å². The third-order valence-corrected chi connectivity index (χ3v) is 7.20. The minimum Gasteiger partial charge on any atom is -0.379 e. The summed E-state index contributed by atoms with van der Waals surface area (Å²) in [5.41, 5.74) is 10.8. The van der Waals surface area contributed by atoms with Crippen molar-refractivity contribution in [1.29, 1.82) is 0 Å². The van der Waals surface area contributed by atoms with E-state index in [-0.39, 0.29) is 6.04 Å². The second-order valence-corrected chi connectivity index (χ2v) is 9.73. The molecule has 9 N–H and O–H groups in total. The Labute approximate surface area is 170 Å². The lowest BCUT2D eigenvalue weighted by molar-refractivity contribution is -0.0450. The summed E-state index contributed by atoms with van der Waals surface area (Å²) in [5.74, 6) is 1.81. The van der Waals surface area contributed by atoms with Gasteiger partial charge in [-0.3, -0.25) is 10.2 Å². The quantitative estimate of drug-likeness (QED) is 0.102. The summed E-state index contributed by atoms with van der Waals surface area (Å²) < 4.78 is 0. The van der Waals surface area contributed by atoms with E-state index in [9.17, 15) is 15.3 Å². The number of aliphatic hydroxyl groups is 4. The molecular weight excluding hydrogens is 388 g/mol. The maximum absolute atomic E-state index is 10.3. The number of aliphatic hydroxyl groups excluding tert-OH is 4. The van der Waals surface area contributed by atoms with E-state index in [2.05, 4.69) is 5.32 Å². The van der Waals surface area contributed by atoms with Crippen LogP contribution >= 0.6 is 21.6 Å². The van der Waals surface area contributed by atoms with Crippen molar-refractivity contribution >= 4 is 21.6 Å². The highest BCUT2D eigenvalue weighted by Crippen LogP contribution is 2.24. The standard InChI is InChI=1S/C17H38N4O4S2/c18-14(22)6-4-11-26-27-12-8-15(23)20-9-2-1-7-16(24)21-10-3-5-13(21)17(19)25/h13-17,20,22-25H,1-12,18-19H2. The monoisotopic (exact) mass is 426 g/mol. The molecule has 10 heteroatoms. The number of likely N-dealkylation sites (tertiary alicyclic amines) is 1.